The quantitative estimate of drug-likeness (QED) is 0.0361. The van der Waals surface area contributed by atoms with Crippen LogP contribution >= 0.6 is 57.4 Å². The van der Waals surface area contributed by atoms with Crippen LogP contribution in [0.4, 0.5) is 15.8 Å². The Kier molecular flexibility index (Phi) is 16.7. The summed E-state index contributed by atoms with van der Waals surface area (Å²) >= 11 is 20.1. The van der Waals surface area contributed by atoms with Crippen molar-refractivity contribution in [2.24, 2.45) is 0 Å². The number of nitrogen functional groups attached to an aromatic ring is 3. The van der Waals surface area contributed by atoms with Crippen molar-refractivity contribution >= 4 is 109 Å². The molecule has 2 atom stereocenters. The third-order valence-corrected chi connectivity index (χ3v) is 12.4. The van der Waals surface area contributed by atoms with Crippen molar-refractivity contribution in [2.75, 3.05) is 57.7 Å². The van der Waals surface area contributed by atoms with E-state index in [4.69, 9.17) is 52.1 Å². The van der Waals surface area contributed by atoms with Gasteiger partial charge in [0, 0.05) is 71.3 Å². The summed E-state index contributed by atoms with van der Waals surface area (Å²) in [5.41, 5.74) is 14.7. The molecule has 0 radical (unpaired) electrons. The summed E-state index contributed by atoms with van der Waals surface area (Å²) in [6.45, 7) is 6.92. The number of halogens is 5. The van der Waals surface area contributed by atoms with Crippen molar-refractivity contribution < 1.29 is 37.8 Å². The predicted octanol–water partition coefficient (Wildman–Crippen LogP) is 7.71. The number of aromatic nitrogens is 1. The number of benzene rings is 4. The highest BCUT2D eigenvalue weighted by molar-refractivity contribution is 14.1. The maximum atomic E-state index is 13.7. The predicted molar refractivity (Wildman–Crippen MR) is 251 cm³/mol. The van der Waals surface area contributed by atoms with E-state index in [1.165, 1.54) is 55.4 Å². The molecule has 19 heteroatoms. The summed E-state index contributed by atoms with van der Waals surface area (Å²) in [7, 11) is 2.61. The molecule has 2 fully saturated rings. The van der Waals surface area contributed by atoms with Crippen LogP contribution in [0.2, 0.25) is 15.1 Å². The Balaban J connectivity index is 0.000000243. The van der Waals surface area contributed by atoms with E-state index < -0.39 is 23.6 Å². The molecule has 14 nitrogen and oxygen atoms in total. The summed E-state index contributed by atoms with van der Waals surface area (Å²) in [4.78, 5) is 67.4. The van der Waals surface area contributed by atoms with E-state index >= 15 is 0 Å². The van der Waals surface area contributed by atoms with Gasteiger partial charge in [-0.3, -0.25) is 24.0 Å². The number of anilines is 2. The number of likely N-dealkylation sites (tertiary alicyclic amines) is 1. The van der Waals surface area contributed by atoms with E-state index in [-0.39, 0.29) is 40.0 Å². The first-order chi connectivity index (χ1) is 29.8. The first kappa shape index (κ1) is 48.9. The van der Waals surface area contributed by atoms with Crippen molar-refractivity contribution in [3.63, 3.8) is 0 Å². The second kappa shape index (κ2) is 21.5. The van der Waals surface area contributed by atoms with Crippen LogP contribution in [0.5, 0.6) is 0 Å². The first-order valence-electron chi connectivity index (χ1n) is 19.5. The van der Waals surface area contributed by atoms with E-state index in [1.807, 2.05) is 29.5 Å². The Morgan fingerprint density at radius 2 is 1.37 bits per heavy atom. The molecule has 3 heterocycles. The lowest BCUT2D eigenvalue weighted by atomic mass is 10.0. The molecule has 63 heavy (non-hydrogen) atoms. The molecule has 2 amide bonds. The fourth-order valence-corrected chi connectivity index (χ4v) is 8.33. The monoisotopic (exact) mass is 1040 g/mol. The summed E-state index contributed by atoms with van der Waals surface area (Å²) in [5, 5.41) is 1.27. The Hall–Kier alpha value is -5.14. The Labute approximate surface area is 392 Å². The molecular formula is C44H46Cl3FIN7O7. The summed E-state index contributed by atoms with van der Waals surface area (Å²) in [6, 6.07) is 17.3. The van der Waals surface area contributed by atoms with Gasteiger partial charge in [0.15, 0.2) is 0 Å². The number of esters is 2. The van der Waals surface area contributed by atoms with Gasteiger partial charge in [-0.25, -0.2) is 14.0 Å². The normalized spacial score (nSPS) is 16.1. The number of nitrogens with zero attached hydrogens (tertiary/aromatic N) is 4. The molecule has 7 rings (SSSR count). The zero-order valence-corrected chi connectivity index (χ0v) is 39.2. The second-order valence-electron chi connectivity index (χ2n) is 14.9. The van der Waals surface area contributed by atoms with Gasteiger partial charge in [-0.2, -0.15) is 0 Å². The molecule has 0 aliphatic carbocycles. The van der Waals surface area contributed by atoms with Gasteiger partial charge in [-0.05, 0) is 109 Å². The fourth-order valence-electron chi connectivity index (χ4n) is 7.11. The maximum absolute atomic E-state index is 13.7. The van der Waals surface area contributed by atoms with Crippen molar-refractivity contribution in [1.82, 2.24) is 19.4 Å². The minimum Gasteiger partial charge on any atom is -0.465 e. The zero-order valence-electron chi connectivity index (χ0n) is 34.8. The summed E-state index contributed by atoms with van der Waals surface area (Å²) in [5.74, 6) is 3.47. The average molecular weight is 1040 g/mol. The average Bonchev–Trinajstić information content (AvgIpc) is 3.91. The number of ketones is 1. The smallest absolute Gasteiger partial charge is 0.339 e. The first-order valence-corrected chi connectivity index (χ1v) is 21.7. The zero-order chi connectivity index (χ0) is 46.3. The van der Waals surface area contributed by atoms with Crippen LogP contribution in [-0.2, 0) is 20.8 Å². The minimum atomic E-state index is -0.641. The van der Waals surface area contributed by atoms with Crippen molar-refractivity contribution in [2.45, 2.75) is 45.3 Å². The third-order valence-electron chi connectivity index (χ3n) is 10.5. The molecule has 0 unspecified atom stereocenters. The number of carbonyl (C=O) groups is 5. The van der Waals surface area contributed by atoms with E-state index in [0.29, 0.717) is 76.2 Å². The molecule has 0 saturated carbocycles. The van der Waals surface area contributed by atoms with Gasteiger partial charge in [0.1, 0.15) is 5.82 Å². The van der Waals surface area contributed by atoms with Gasteiger partial charge in [0.2, 0.25) is 0 Å². The van der Waals surface area contributed by atoms with E-state index in [1.54, 1.807) is 46.2 Å². The number of methoxy groups -OCH3 is 2. The van der Waals surface area contributed by atoms with Gasteiger partial charge >= 0.3 is 11.9 Å². The van der Waals surface area contributed by atoms with Crippen LogP contribution in [0.25, 0.3) is 10.9 Å². The fraction of sp³-hybridized carbons (Fsp3) is 0.295. The van der Waals surface area contributed by atoms with Crippen LogP contribution in [0.3, 0.4) is 0 Å². The third kappa shape index (κ3) is 11.7. The molecule has 0 spiro atoms. The highest BCUT2D eigenvalue weighted by Crippen LogP contribution is 2.31. The van der Waals surface area contributed by atoms with E-state index in [2.05, 4.69) is 21.3 Å². The van der Waals surface area contributed by atoms with Gasteiger partial charge < -0.3 is 36.6 Å². The van der Waals surface area contributed by atoms with Crippen LogP contribution in [0.1, 0.15) is 73.7 Å². The van der Waals surface area contributed by atoms with Crippen LogP contribution in [-0.4, -0.2) is 101 Å². The highest BCUT2D eigenvalue weighted by Gasteiger charge is 2.34. The largest absolute Gasteiger partial charge is 0.465 e. The standard InChI is InChI=1S/C28H31ClFN5O3.C8H7ClINO2.C8H8ClNO2/c1-17-14-34(18(2)13-33(17)15-19-5-7-20(30)8-6-19)27(37)22-11-21-23(16-35(31)25(21)12-24(22)29)26(36)28(38)32-9-3-4-10-32;1-13-8(12)4-2-6(10)7(11)3-5(4)9;1-12-8(11)6-3-2-5(10)4-7(6)9/h5-8,11-12,16-18H,3-4,9-10,13-15,31H2,1-2H3;2-3H,11H2,1H3;2-4H,10H2,1H3/t17-,18+;;/m0../s1. The number of fused-ring (bicyclic) bond motifs is 1. The molecule has 6 N–H and O–H groups in total. The molecular weight excluding hydrogens is 991 g/mol. The van der Waals surface area contributed by atoms with Gasteiger partial charge in [0.05, 0.1) is 57.1 Å². The number of ether oxygens (including phenoxy) is 2. The Bertz CT molecular complexity index is 2540. The lowest BCUT2D eigenvalue weighted by molar-refractivity contribution is -0.125. The molecule has 2 aliphatic rings. The molecule has 1 aromatic heterocycles. The number of amides is 2. The SMILES string of the molecule is COC(=O)c1cc(I)c(N)cc1Cl.COC(=O)c1ccc(N)cc1Cl.C[C@@H]1CN(Cc2ccc(F)cc2)[C@@H](C)CN1C(=O)c1cc2c(C(=O)C(=O)N3CCCC3)cn(N)c2cc1Cl. The second-order valence-corrected chi connectivity index (χ2v) is 17.3. The number of carbonyl (C=O) groups excluding carboxylic acids is 5. The number of piperazine rings is 1. The molecule has 4 aromatic carbocycles. The van der Waals surface area contributed by atoms with Crippen molar-refractivity contribution in [3.05, 3.63) is 125 Å². The highest BCUT2D eigenvalue weighted by atomic mass is 127. The Morgan fingerprint density at radius 1 is 0.762 bits per heavy atom. The van der Waals surface area contributed by atoms with Gasteiger partial charge in [0.25, 0.3) is 17.6 Å². The molecule has 334 valence electrons. The van der Waals surface area contributed by atoms with Crippen LogP contribution in [0.15, 0.2) is 72.9 Å². The summed E-state index contributed by atoms with van der Waals surface area (Å²) < 4.78 is 24.4. The van der Waals surface area contributed by atoms with Crippen molar-refractivity contribution in [1.29, 1.82) is 0 Å². The lowest BCUT2D eigenvalue weighted by Gasteiger charge is -2.44. The van der Waals surface area contributed by atoms with Gasteiger partial charge in [-0.15, -0.1) is 0 Å². The van der Waals surface area contributed by atoms with Crippen LogP contribution in [0, 0.1) is 9.39 Å². The van der Waals surface area contributed by atoms with Gasteiger partial charge in [-0.1, -0.05) is 46.9 Å². The minimum absolute atomic E-state index is 0.0584. The van der Waals surface area contributed by atoms with Crippen LogP contribution < -0.4 is 17.3 Å². The summed E-state index contributed by atoms with van der Waals surface area (Å²) in [6.07, 6.45) is 3.17. The van der Waals surface area contributed by atoms with E-state index in [0.717, 1.165) is 22.0 Å². The topological polar surface area (TPSA) is 197 Å². The van der Waals surface area contributed by atoms with Crippen molar-refractivity contribution in [3.8, 4) is 0 Å². The van der Waals surface area contributed by atoms with E-state index in [9.17, 15) is 28.4 Å². The number of hydrogen-bond donors (Lipinski definition) is 3. The molecule has 0 bridgehead atoms. The number of nitrogens with two attached hydrogens (primary N) is 3. The molecule has 5 aromatic rings. The number of rotatable bonds is 7. The Morgan fingerprint density at radius 3 is 1.98 bits per heavy atom. The maximum Gasteiger partial charge on any atom is 0.339 e. The number of Topliss-reactive ketones (excluding diaryl/α,β-unsaturated/α-hetero) is 1. The molecule has 2 aliphatic heterocycles. The number of hydrogen-bond acceptors (Lipinski definition) is 11. The lowest BCUT2D eigenvalue weighted by Crippen LogP contribution is -2.57. The molecule has 2 saturated heterocycles.